The summed E-state index contributed by atoms with van der Waals surface area (Å²) in [5, 5.41) is 10.0. The summed E-state index contributed by atoms with van der Waals surface area (Å²) < 4.78 is 27.7. The van der Waals surface area contributed by atoms with Gasteiger partial charge in [-0.15, -0.1) is 0 Å². The van der Waals surface area contributed by atoms with E-state index in [1.54, 1.807) is 0 Å². The van der Waals surface area contributed by atoms with Crippen molar-refractivity contribution in [3.8, 4) is 5.75 Å². The first-order valence-corrected chi connectivity index (χ1v) is 7.28. The van der Waals surface area contributed by atoms with Crippen molar-refractivity contribution in [1.29, 1.82) is 0 Å². The second-order valence-electron chi connectivity index (χ2n) is 5.70. The van der Waals surface area contributed by atoms with Crippen molar-refractivity contribution in [1.82, 2.24) is 0 Å². The fourth-order valence-electron chi connectivity index (χ4n) is 3.41. The molecule has 1 nitrogen and oxygen atoms in total. The first kappa shape index (κ1) is 14.3. The maximum absolute atomic E-state index is 14.2. The number of unbranched alkanes of at least 4 members (excludes halogenated alkanes) is 1. The van der Waals surface area contributed by atoms with E-state index >= 15 is 0 Å². The second-order valence-corrected chi connectivity index (χ2v) is 5.70. The first-order valence-electron chi connectivity index (χ1n) is 7.28. The predicted octanol–water partition coefficient (Wildman–Crippen LogP) is 5.06. The van der Waals surface area contributed by atoms with Crippen LogP contribution in [0, 0.1) is 11.6 Å². The summed E-state index contributed by atoms with van der Waals surface area (Å²) in [4.78, 5) is 0. The molecule has 0 radical (unpaired) electrons. The van der Waals surface area contributed by atoms with Crippen molar-refractivity contribution >= 4 is 0 Å². The van der Waals surface area contributed by atoms with Gasteiger partial charge in [0, 0.05) is 11.0 Å². The van der Waals surface area contributed by atoms with Gasteiger partial charge < -0.3 is 5.11 Å². The lowest BCUT2D eigenvalue weighted by Crippen LogP contribution is -2.30. The number of rotatable bonds is 4. The Hall–Kier alpha value is -1.12. The SMILES string of the molecule is CCCCC1(c2c(O)ccc(F)c2F)CCCCC1. The van der Waals surface area contributed by atoms with Gasteiger partial charge in [0.05, 0.1) is 0 Å². The molecule has 0 bridgehead atoms. The minimum absolute atomic E-state index is 0.0862. The molecule has 2 rings (SSSR count). The summed E-state index contributed by atoms with van der Waals surface area (Å²) in [5.74, 6) is -1.79. The van der Waals surface area contributed by atoms with E-state index < -0.39 is 11.6 Å². The van der Waals surface area contributed by atoms with Crippen molar-refractivity contribution in [2.45, 2.75) is 63.7 Å². The Morgan fingerprint density at radius 2 is 1.84 bits per heavy atom. The molecule has 1 aliphatic rings. The standard InChI is InChI=1S/C16H22F2O/c1-2-3-9-16(10-5-4-6-11-16)14-13(19)8-7-12(17)15(14)18/h7-8,19H,2-6,9-11H2,1H3. The van der Waals surface area contributed by atoms with Crippen LogP contribution in [0.3, 0.4) is 0 Å². The molecule has 0 heterocycles. The molecule has 1 fully saturated rings. The van der Waals surface area contributed by atoms with Crippen LogP contribution in [0.4, 0.5) is 8.78 Å². The van der Waals surface area contributed by atoms with Crippen LogP contribution in [0.2, 0.25) is 0 Å². The molecule has 0 aromatic heterocycles. The smallest absolute Gasteiger partial charge is 0.166 e. The van der Waals surface area contributed by atoms with E-state index in [1.807, 2.05) is 0 Å². The summed E-state index contributed by atoms with van der Waals surface area (Å²) in [5.41, 5.74) is -0.148. The lowest BCUT2D eigenvalue weighted by atomic mass is 9.66. The Balaban J connectivity index is 2.45. The largest absolute Gasteiger partial charge is 0.508 e. The third-order valence-corrected chi connectivity index (χ3v) is 4.42. The summed E-state index contributed by atoms with van der Waals surface area (Å²) in [6, 6.07) is 2.29. The van der Waals surface area contributed by atoms with Gasteiger partial charge in [-0.2, -0.15) is 0 Å². The van der Waals surface area contributed by atoms with Gasteiger partial charge in [-0.25, -0.2) is 8.78 Å². The highest BCUT2D eigenvalue weighted by Crippen LogP contribution is 2.47. The lowest BCUT2D eigenvalue weighted by Gasteiger charge is -2.38. The van der Waals surface area contributed by atoms with Crippen LogP contribution in [0.15, 0.2) is 12.1 Å². The second kappa shape index (κ2) is 5.89. The summed E-state index contributed by atoms with van der Waals surface area (Å²) in [6.45, 7) is 2.10. The van der Waals surface area contributed by atoms with Gasteiger partial charge in [0.15, 0.2) is 11.6 Å². The van der Waals surface area contributed by atoms with Crippen molar-refractivity contribution < 1.29 is 13.9 Å². The molecule has 1 aromatic rings. The van der Waals surface area contributed by atoms with Crippen LogP contribution in [-0.4, -0.2) is 5.11 Å². The van der Waals surface area contributed by atoms with Crippen LogP contribution in [0.1, 0.15) is 63.9 Å². The Morgan fingerprint density at radius 3 is 2.47 bits per heavy atom. The van der Waals surface area contributed by atoms with Crippen LogP contribution < -0.4 is 0 Å². The molecule has 0 atom stereocenters. The number of hydrogen-bond donors (Lipinski definition) is 1. The van der Waals surface area contributed by atoms with Gasteiger partial charge in [0.2, 0.25) is 0 Å². The number of phenolic OH excluding ortho intramolecular Hbond substituents is 1. The molecule has 0 saturated heterocycles. The van der Waals surface area contributed by atoms with Gasteiger partial charge in [-0.3, -0.25) is 0 Å². The van der Waals surface area contributed by atoms with Gasteiger partial charge in [-0.1, -0.05) is 39.0 Å². The molecule has 106 valence electrons. The fraction of sp³-hybridized carbons (Fsp3) is 0.625. The summed E-state index contributed by atoms with van der Waals surface area (Å²) >= 11 is 0. The van der Waals surface area contributed by atoms with Gasteiger partial charge in [0.1, 0.15) is 5.75 Å². The van der Waals surface area contributed by atoms with E-state index in [2.05, 4.69) is 6.92 Å². The fourth-order valence-corrected chi connectivity index (χ4v) is 3.41. The van der Waals surface area contributed by atoms with Crippen LogP contribution >= 0.6 is 0 Å². The highest BCUT2D eigenvalue weighted by atomic mass is 19.2. The van der Waals surface area contributed by atoms with E-state index in [0.717, 1.165) is 57.4 Å². The number of benzene rings is 1. The molecular weight excluding hydrogens is 246 g/mol. The Labute approximate surface area is 113 Å². The van der Waals surface area contributed by atoms with E-state index in [9.17, 15) is 13.9 Å². The zero-order valence-corrected chi connectivity index (χ0v) is 11.5. The molecule has 1 aromatic carbocycles. The normalized spacial score (nSPS) is 18.5. The van der Waals surface area contributed by atoms with Crippen LogP contribution in [0.25, 0.3) is 0 Å². The molecule has 0 aliphatic heterocycles. The van der Waals surface area contributed by atoms with Gasteiger partial charge in [-0.05, 0) is 31.4 Å². The van der Waals surface area contributed by atoms with E-state index in [0.29, 0.717) is 0 Å². The Morgan fingerprint density at radius 1 is 1.16 bits per heavy atom. The van der Waals surface area contributed by atoms with Gasteiger partial charge in [0.25, 0.3) is 0 Å². The first-order chi connectivity index (χ1) is 9.10. The zero-order valence-electron chi connectivity index (χ0n) is 11.5. The zero-order chi connectivity index (χ0) is 13.9. The average molecular weight is 268 g/mol. The topological polar surface area (TPSA) is 20.2 Å². The highest BCUT2D eigenvalue weighted by Gasteiger charge is 2.38. The monoisotopic (exact) mass is 268 g/mol. The Bertz CT molecular complexity index is 437. The van der Waals surface area contributed by atoms with Crippen LogP contribution in [-0.2, 0) is 5.41 Å². The lowest BCUT2D eigenvalue weighted by molar-refractivity contribution is 0.248. The van der Waals surface area contributed by atoms with Gasteiger partial charge >= 0.3 is 0 Å². The average Bonchev–Trinajstić information content (AvgIpc) is 2.42. The molecule has 0 unspecified atom stereocenters. The molecule has 0 amide bonds. The molecule has 1 aliphatic carbocycles. The van der Waals surface area contributed by atoms with Crippen LogP contribution in [0.5, 0.6) is 5.75 Å². The summed E-state index contributed by atoms with van der Waals surface area (Å²) in [6.07, 6.45) is 7.73. The third-order valence-electron chi connectivity index (χ3n) is 4.42. The maximum Gasteiger partial charge on any atom is 0.166 e. The number of aromatic hydroxyl groups is 1. The molecule has 1 N–H and O–H groups in total. The van der Waals surface area contributed by atoms with E-state index in [-0.39, 0.29) is 16.7 Å². The van der Waals surface area contributed by atoms with Crippen molar-refractivity contribution in [3.05, 3.63) is 29.3 Å². The maximum atomic E-state index is 14.2. The Kier molecular flexibility index (Phi) is 4.43. The highest BCUT2D eigenvalue weighted by molar-refractivity contribution is 5.40. The number of hydrogen-bond acceptors (Lipinski definition) is 1. The molecule has 0 spiro atoms. The number of halogens is 2. The molecule has 19 heavy (non-hydrogen) atoms. The minimum Gasteiger partial charge on any atom is -0.508 e. The van der Waals surface area contributed by atoms with Crippen molar-refractivity contribution in [2.24, 2.45) is 0 Å². The number of phenols is 1. The third kappa shape index (κ3) is 2.75. The summed E-state index contributed by atoms with van der Waals surface area (Å²) in [7, 11) is 0. The van der Waals surface area contributed by atoms with E-state index in [4.69, 9.17) is 0 Å². The molecule has 1 saturated carbocycles. The predicted molar refractivity (Wildman–Crippen MR) is 72.3 cm³/mol. The minimum atomic E-state index is -0.853. The quantitative estimate of drug-likeness (QED) is 0.809. The van der Waals surface area contributed by atoms with E-state index in [1.165, 1.54) is 6.07 Å². The van der Waals surface area contributed by atoms with Crippen molar-refractivity contribution in [3.63, 3.8) is 0 Å². The molecule has 3 heteroatoms. The molecular formula is C16H22F2O. The van der Waals surface area contributed by atoms with Crippen molar-refractivity contribution in [2.75, 3.05) is 0 Å².